The Labute approximate surface area is 116 Å². The molecule has 2 amide bonds. The van der Waals surface area contributed by atoms with Crippen molar-refractivity contribution in [1.82, 2.24) is 0 Å². The predicted molar refractivity (Wildman–Crippen MR) is 73.7 cm³/mol. The number of hydrogen-bond acceptors (Lipinski definition) is 2. The second-order valence-corrected chi connectivity index (χ2v) is 5.77. The summed E-state index contributed by atoms with van der Waals surface area (Å²) in [5.41, 5.74) is 0.644. The molecule has 0 saturated heterocycles. The fourth-order valence-corrected chi connectivity index (χ4v) is 2.20. The zero-order valence-electron chi connectivity index (χ0n) is 11.3. The Kier molecular flexibility index (Phi) is 3.20. The number of carbonyl (C=O) groups is 2. The lowest BCUT2D eigenvalue weighted by molar-refractivity contribution is -0.118. The highest BCUT2D eigenvalue weighted by molar-refractivity contribution is 5.97. The molecule has 2 saturated carbocycles. The molecule has 2 atom stereocenters. The van der Waals surface area contributed by atoms with E-state index in [2.05, 4.69) is 10.6 Å². The van der Waals surface area contributed by atoms with Gasteiger partial charge < -0.3 is 10.6 Å². The van der Waals surface area contributed by atoms with Crippen LogP contribution in [0.3, 0.4) is 0 Å². The minimum absolute atomic E-state index is 0.0139. The molecule has 0 bridgehead atoms. The Hall–Kier alpha value is -1.91. The summed E-state index contributed by atoms with van der Waals surface area (Å²) in [6.07, 6.45) is 2.63. The summed E-state index contributed by atoms with van der Waals surface area (Å²) in [7, 11) is 0. The molecule has 2 aliphatic carbocycles. The van der Waals surface area contributed by atoms with Crippen molar-refractivity contribution >= 4 is 23.2 Å². The Morgan fingerprint density at radius 2 is 1.90 bits per heavy atom. The molecule has 2 fully saturated rings. The molecule has 0 aliphatic heterocycles. The van der Waals surface area contributed by atoms with E-state index < -0.39 is 5.82 Å². The standard InChI is InChI=1S/C15H17FN2O2/c1-8-6-11(8)15(20)17-10-4-5-12(16)13(7-10)18-14(19)9-2-3-9/h4-5,7-9,11H,2-3,6H2,1H3,(H,17,20)(H,18,19). The second kappa shape index (κ2) is 4.89. The van der Waals surface area contributed by atoms with E-state index in [9.17, 15) is 14.0 Å². The van der Waals surface area contributed by atoms with Gasteiger partial charge in [0.2, 0.25) is 11.8 Å². The van der Waals surface area contributed by atoms with E-state index in [0.29, 0.717) is 11.6 Å². The first kappa shape index (κ1) is 13.1. The van der Waals surface area contributed by atoms with Crippen LogP contribution in [-0.4, -0.2) is 11.8 Å². The normalized spacial score (nSPS) is 24.1. The van der Waals surface area contributed by atoms with E-state index >= 15 is 0 Å². The summed E-state index contributed by atoms with van der Waals surface area (Å²) < 4.78 is 13.7. The first-order valence-electron chi connectivity index (χ1n) is 6.96. The molecule has 0 aromatic heterocycles. The van der Waals surface area contributed by atoms with Crippen LogP contribution in [0.5, 0.6) is 0 Å². The zero-order chi connectivity index (χ0) is 14.3. The van der Waals surface area contributed by atoms with Crippen LogP contribution in [0.15, 0.2) is 18.2 Å². The SMILES string of the molecule is CC1CC1C(=O)Nc1ccc(F)c(NC(=O)C2CC2)c1. The van der Waals surface area contributed by atoms with Crippen molar-refractivity contribution < 1.29 is 14.0 Å². The Morgan fingerprint density at radius 1 is 1.20 bits per heavy atom. The summed E-state index contributed by atoms with van der Waals surface area (Å²) in [6.45, 7) is 2.02. The first-order valence-corrected chi connectivity index (χ1v) is 6.96. The highest BCUT2D eigenvalue weighted by atomic mass is 19.1. The smallest absolute Gasteiger partial charge is 0.227 e. The molecule has 0 spiro atoms. The van der Waals surface area contributed by atoms with Gasteiger partial charge in [-0.2, -0.15) is 0 Å². The fraction of sp³-hybridized carbons (Fsp3) is 0.467. The monoisotopic (exact) mass is 276 g/mol. The maximum Gasteiger partial charge on any atom is 0.227 e. The highest BCUT2D eigenvalue weighted by Gasteiger charge is 2.39. The number of rotatable bonds is 4. The largest absolute Gasteiger partial charge is 0.326 e. The minimum Gasteiger partial charge on any atom is -0.326 e. The minimum atomic E-state index is -0.489. The summed E-state index contributed by atoms with van der Waals surface area (Å²) in [6, 6.07) is 4.24. The lowest BCUT2D eigenvalue weighted by Crippen LogP contribution is -2.16. The number of anilines is 2. The summed E-state index contributed by atoms with van der Waals surface area (Å²) in [5.74, 6) is -0.183. The van der Waals surface area contributed by atoms with Gasteiger partial charge in [0.05, 0.1) is 5.69 Å². The van der Waals surface area contributed by atoms with Gasteiger partial charge in [-0.05, 0) is 43.4 Å². The van der Waals surface area contributed by atoms with Gasteiger partial charge in [-0.15, -0.1) is 0 Å². The van der Waals surface area contributed by atoms with Crippen LogP contribution in [0.4, 0.5) is 15.8 Å². The third-order valence-corrected chi connectivity index (χ3v) is 3.89. The van der Waals surface area contributed by atoms with Crippen molar-refractivity contribution in [3.05, 3.63) is 24.0 Å². The van der Waals surface area contributed by atoms with Gasteiger partial charge in [0.1, 0.15) is 5.82 Å². The molecule has 3 rings (SSSR count). The Balaban J connectivity index is 1.68. The quantitative estimate of drug-likeness (QED) is 0.888. The van der Waals surface area contributed by atoms with E-state index in [1.165, 1.54) is 18.2 Å². The predicted octanol–water partition coefficient (Wildman–Crippen LogP) is 2.77. The number of amides is 2. The zero-order valence-corrected chi connectivity index (χ0v) is 11.3. The number of halogens is 1. The van der Waals surface area contributed by atoms with Gasteiger partial charge in [0.15, 0.2) is 0 Å². The van der Waals surface area contributed by atoms with Crippen molar-refractivity contribution in [2.45, 2.75) is 26.2 Å². The van der Waals surface area contributed by atoms with E-state index in [1.54, 1.807) is 0 Å². The number of benzene rings is 1. The molecule has 1 aromatic carbocycles. The molecule has 1 aromatic rings. The van der Waals surface area contributed by atoms with Crippen LogP contribution in [0.1, 0.15) is 26.2 Å². The van der Waals surface area contributed by atoms with E-state index in [0.717, 1.165) is 19.3 Å². The molecule has 0 heterocycles. The molecule has 2 unspecified atom stereocenters. The van der Waals surface area contributed by atoms with Gasteiger partial charge >= 0.3 is 0 Å². The Morgan fingerprint density at radius 3 is 2.50 bits per heavy atom. The molecule has 0 radical (unpaired) electrons. The Bertz CT molecular complexity index is 569. The first-order chi connectivity index (χ1) is 9.54. The van der Waals surface area contributed by atoms with Crippen LogP contribution < -0.4 is 10.6 Å². The van der Waals surface area contributed by atoms with Crippen molar-refractivity contribution in [3.8, 4) is 0 Å². The van der Waals surface area contributed by atoms with Crippen molar-refractivity contribution in [3.63, 3.8) is 0 Å². The molecule has 20 heavy (non-hydrogen) atoms. The molecular formula is C15H17FN2O2. The number of nitrogens with one attached hydrogen (secondary N) is 2. The lowest BCUT2D eigenvalue weighted by atomic mass is 10.2. The van der Waals surface area contributed by atoms with Gasteiger partial charge in [-0.25, -0.2) is 4.39 Å². The molecular weight excluding hydrogens is 259 g/mol. The molecule has 5 heteroatoms. The molecule has 2 N–H and O–H groups in total. The maximum atomic E-state index is 13.7. The third kappa shape index (κ3) is 2.81. The molecule has 106 valence electrons. The van der Waals surface area contributed by atoms with Crippen LogP contribution in [0, 0.1) is 23.6 Å². The molecule has 4 nitrogen and oxygen atoms in total. The summed E-state index contributed by atoms with van der Waals surface area (Å²) >= 11 is 0. The highest BCUT2D eigenvalue weighted by Crippen LogP contribution is 2.38. The van der Waals surface area contributed by atoms with Crippen LogP contribution in [0.2, 0.25) is 0 Å². The lowest BCUT2D eigenvalue weighted by Gasteiger charge is -2.09. The molecule has 2 aliphatic rings. The topological polar surface area (TPSA) is 58.2 Å². The van der Waals surface area contributed by atoms with Crippen LogP contribution in [0.25, 0.3) is 0 Å². The number of carbonyl (C=O) groups excluding carboxylic acids is 2. The van der Waals surface area contributed by atoms with Gasteiger partial charge in [-0.1, -0.05) is 6.92 Å². The van der Waals surface area contributed by atoms with Crippen molar-refractivity contribution in [2.75, 3.05) is 10.6 Å². The van der Waals surface area contributed by atoms with Crippen molar-refractivity contribution in [1.29, 1.82) is 0 Å². The van der Waals surface area contributed by atoms with Crippen LogP contribution in [-0.2, 0) is 9.59 Å². The van der Waals surface area contributed by atoms with Crippen molar-refractivity contribution in [2.24, 2.45) is 17.8 Å². The summed E-state index contributed by atoms with van der Waals surface area (Å²) in [4.78, 5) is 23.5. The van der Waals surface area contributed by atoms with Gasteiger partial charge in [0, 0.05) is 17.5 Å². The second-order valence-electron chi connectivity index (χ2n) is 5.77. The van der Waals surface area contributed by atoms with E-state index in [4.69, 9.17) is 0 Å². The van der Waals surface area contributed by atoms with Crippen LogP contribution >= 0.6 is 0 Å². The average molecular weight is 276 g/mol. The average Bonchev–Trinajstić information content (AvgIpc) is 3.27. The van der Waals surface area contributed by atoms with E-state index in [1.807, 2.05) is 6.92 Å². The summed E-state index contributed by atoms with van der Waals surface area (Å²) in [5, 5.41) is 5.34. The van der Waals surface area contributed by atoms with Gasteiger partial charge in [-0.3, -0.25) is 9.59 Å². The van der Waals surface area contributed by atoms with Gasteiger partial charge in [0.25, 0.3) is 0 Å². The van der Waals surface area contributed by atoms with E-state index in [-0.39, 0.29) is 29.3 Å². The maximum absolute atomic E-state index is 13.7. The fourth-order valence-electron chi connectivity index (χ4n) is 2.20. The third-order valence-electron chi connectivity index (χ3n) is 3.89. The number of hydrogen-bond donors (Lipinski definition) is 2.